The van der Waals surface area contributed by atoms with Gasteiger partial charge in [0.2, 0.25) is 11.9 Å². The molecular formula is C31H38NO6+. The van der Waals surface area contributed by atoms with E-state index in [2.05, 4.69) is 0 Å². The molecule has 7 heteroatoms. The van der Waals surface area contributed by atoms with Gasteiger partial charge in [-0.05, 0) is 18.1 Å². The highest BCUT2D eigenvalue weighted by atomic mass is 16.7. The van der Waals surface area contributed by atoms with Crippen LogP contribution in [-0.2, 0) is 34.1 Å². The van der Waals surface area contributed by atoms with Crippen molar-refractivity contribution in [3.05, 3.63) is 71.8 Å². The van der Waals surface area contributed by atoms with Crippen LogP contribution in [0.15, 0.2) is 60.7 Å². The van der Waals surface area contributed by atoms with Crippen LogP contribution < -0.4 is 0 Å². The number of ether oxygens (including phenoxy) is 4. The molecule has 0 saturated carbocycles. The molecule has 1 spiro atoms. The largest absolute Gasteiger partial charge is 0.459 e. The second-order valence-electron chi connectivity index (χ2n) is 11.4. The number of carbonyl (C=O) groups is 2. The Labute approximate surface area is 224 Å². The molecule has 2 aromatic rings. The molecule has 202 valence electrons. The lowest BCUT2D eigenvalue weighted by Gasteiger charge is -2.47. The van der Waals surface area contributed by atoms with Crippen molar-refractivity contribution in [3.63, 3.8) is 0 Å². The van der Waals surface area contributed by atoms with Crippen LogP contribution in [0.4, 0.5) is 0 Å². The summed E-state index contributed by atoms with van der Waals surface area (Å²) in [7, 11) is 0. The second kappa shape index (κ2) is 10.4. The predicted octanol–water partition coefficient (Wildman–Crippen LogP) is 4.33. The van der Waals surface area contributed by atoms with E-state index in [9.17, 15) is 9.59 Å². The van der Waals surface area contributed by atoms with Gasteiger partial charge in [-0.25, -0.2) is 4.79 Å². The van der Waals surface area contributed by atoms with Gasteiger partial charge in [-0.3, -0.25) is 4.79 Å². The monoisotopic (exact) mass is 520 g/mol. The van der Waals surface area contributed by atoms with E-state index in [1.165, 1.54) is 43.3 Å². The first-order valence-corrected chi connectivity index (χ1v) is 14.2. The van der Waals surface area contributed by atoms with Gasteiger partial charge in [-0.1, -0.05) is 60.7 Å². The van der Waals surface area contributed by atoms with Crippen molar-refractivity contribution in [3.8, 4) is 0 Å². The molecule has 2 bridgehead atoms. The average Bonchev–Trinajstić information content (AvgIpc) is 3.43. The molecule has 4 fully saturated rings. The van der Waals surface area contributed by atoms with Crippen molar-refractivity contribution in [2.75, 3.05) is 26.3 Å². The zero-order chi connectivity index (χ0) is 26.2. The van der Waals surface area contributed by atoms with E-state index in [-0.39, 0.29) is 18.0 Å². The lowest BCUT2D eigenvalue weighted by Crippen LogP contribution is -2.60. The first-order chi connectivity index (χ1) is 18.5. The van der Waals surface area contributed by atoms with Crippen molar-refractivity contribution < 1.29 is 33.0 Å². The number of rotatable bonds is 8. The SMILES string of the molecule is C[C@@H](OC(=O)C1COC1)OC(C(=O)OC1CC2CCC(C1)[N+]21CCCC1)(c1ccccc1)c1ccccc1. The fraction of sp³-hybridized carbons (Fsp3) is 0.548. The Morgan fingerprint density at radius 3 is 1.95 bits per heavy atom. The number of quaternary nitrogens is 1. The zero-order valence-corrected chi connectivity index (χ0v) is 22.1. The van der Waals surface area contributed by atoms with E-state index in [4.69, 9.17) is 18.9 Å². The number of hydrogen-bond acceptors (Lipinski definition) is 6. The lowest BCUT2D eigenvalue weighted by molar-refractivity contribution is -0.956. The van der Waals surface area contributed by atoms with Crippen LogP contribution in [0.2, 0.25) is 0 Å². The maximum atomic E-state index is 14.4. The van der Waals surface area contributed by atoms with E-state index in [0.717, 1.165) is 12.8 Å². The van der Waals surface area contributed by atoms with Gasteiger partial charge < -0.3 is 23.4 Å². The van der Waals surface area contributed by atoms with Crippen molar-refractivity contribution in [2.45, 2.75) is 75.5 Å². The third kappa shape index (κ3) is 4.44. The summed E-state index contributed by atoms with van der Waals surface area (Å²) in [5.41, 5.74) is -0.282. The van der Waals surface area contributed by atoms with Gasteiger partial charge >= 0.3 is 11.9 Å². The predicted molar refractivity (Wildman–Crippen MR) is 140 cm³/mol. The summed E-state index contributed by atoms with van der Waals surface area (Å²) in [6.45, 7) is 4.89. The third-order valence-electron chi connectivity index (χ3n) is 9.27. The first kappa shape index (κ1) is 25.5. The number of esters is 2. The molecule has 6 rings (SSSR count). The Hall–Kier alpha value is -2.74. The highest BCUT2D eigenvalue weighted by Gasteiger charge is 2.57. The molecule has 4 aliphatic rings. The molecule has 0 aliphatic carbocycles. The normalized spacial score (nSPS) is 27.0. The summed E-state index contributed by atoms with van der Waals surface area (Å²) in [6, 6.07) is 20.0. The molecule has 2 aromatic carbocycles. The topological polar surface area (TPSA) is 71.1 Å². The Bertz CT molecular complexity index is 1070. The maximum absolute atomic E-state index is 14.4. The smallest absolute Gasteiger partial charge is 0.348 e. The van der Waals surface area contributed by atoms with Gasteiger partial charge in [0.05, 0.1) is 38.4 Å². The Kier molecular flexibility index (Phi) is 7.01. The van der Waals surface area contributed by atoms with Crippen LogP contribution in [0.3, 0.4) is 0 Å². The Morgan fingerprint density at radius 2 is 1.45 bits per heavy atom. The minimum absolute atomic E-state index is 0.148. The lowest BCUT2D eigenvalue weighted by atomic mass is 9.85. The first-order valence-electron chi connectivity index (χ1n) is 14.2. The molecule has 4 heterocycles. The molecule has 4 saturated heterocycles. The summed E-state index contributed by atoms with van der Waals surface area (Å²) in [4.78, 5) is 27.0. The zero-order valence-electron chi connectivity index (χ0n) is 22.1. The molecular weight excluding hydrogens is 482 g/mol. The van der Waals surface area contributed by atoms with Crippen LogP contribution >= 0.6 is 0 Å². The van der Waals surface area contributed by atoms with E-state index in [1.54, 1.807) is 6.92 Å². The summed E-state index contributed by atoms with van der Waals surface area (Å²) in [5, 5.41) is 0. The van der Waals surface area contributed by atoms with E-state index in [1.807, 2.05) is 60.7 Å². The van der Waals surface area contributed by atoms with E-state index >= 15 is 0 Å². The van der Waals surface area contributed by atoms with E-state index in [0.29, 0.717) is 36.4 Å². The van der Waals surface area contributed by atoms with Gasteiger partial charge in [0.25, 0.3) is 0 Å². The molecule has 3 atom stereocenters. The van der Waals surface area contributed by atoms with Crippen LogP contribution in [0.5, 0.6) is 0 Å². The molecule has 4 aliphatic heterocycles. The number of benzene rings is 2. The minimum atomic E-state index is -1.57. The van der Waals surface area contributed by atoms with Gasteiger partial charge in [-0.15, -0.1) is 0 Å². The number of piperidine rings is 1. The van der Waals surface area contributed by atoms with Crippen molar-refractivity contribution in [1.29, 1.82) is 0 Å². The molecule has 0 aromatic heterocycles. The standard InChI is InChI=1S/C31H38NO6/c1-22(36-29(33)23-20-35-21-23)38-31(24-10-4-2-5-11-24,25-12-6-3-7-13-25)30(34)37-28-18-26-14-15-27(19-28)32(26)16-8-9-17-32/h2-7,10-13,22-23,26-28H,8-9,14-21H2,1H3/q+1/t22-,26?,27?,28?/m0/s1. The Morgan fingerprint density at radius 1 is 0.895 bits per heavy atom. The number of nitrogens with zero attached hydrogens (tertiary/aromatic N) is 1. The van der Waals surface area contributed by atoms with Crippen molar-refractivity contribution in [1.82, 2.24) is 0 Å². The van der Waals surface area contributed by atoms with Gasteiger partial charge in [0.15, 0.2) is 0 Å². The summed E-state index contributed by atoms with van der Waals surface area (Å²) in [6.07, 6.45) is 5.72. The van der Waals surface area contributed by atoms with Gasteiger partial charge in [-0.2, -0.15) is 0 Å². The number of hydrogen-bond donors (Lipinski definition) is 0. The third-order valence-corrected chi connectivity index (χ3v) is 9.27. The molecule has 2 unspecified atom stereocenters. The summed E-state index contributed by atoms with van der Waals surface area (Å²) < 4.78 is 24.9. The maximum Gasteiger partial charge on any atom is 0.348 e. The highest BCUT2D eigenvalue weighted by molar-refractivity contribution is 5.86. The van der Waals surface area contributed by atoms with Gasteiger partial charge in [0.1, 0.15) is 12.0 Å². The molecule has 38 heavy (non-hydrogen) atoms. The fourth-order valence-electron chi connectivity index (χ4n) is 7.38. The van der Waals surface area contributed by atoms with Crippen LogP contribution in [-0.4, -0.2) is 67.2 Å². The molecule has 0 N–H and O–H groups in total. The Balaban J connectivity index is 1.30. The summed E-state index contributed by atoms with van der Waals surface area (Å²) in [5.74, 6) is -1.13. The van der Waals surface area contributed by atoms with Crippen molar-refractivity contribution in [2.24, 2.45) is 5.92 Å². The molecule has 7 nitrogen and oxygen atoms in total. The average molecular weight is 521 g/mol. The quantitative estimate of drug-likeness (QED) is 0.293. The minimum Gasteiger partial charge on any atom is -0.459 e. The number of carbonyl (C=O) groups excluding carboxylic acids is 2. The molecule has 0 amide bonds. The molecule has 0 radical (unpaired) electrons. The fourth-order valence-corrected chi connectivity index (χ4v) is 7.38. The second-order valence-corrected chi connectivity index (χ2v) is 11.4. The van der Waals surface area contributed by atoms with Gasteiger partial charge in [0, 0.05) is 38.5 Å². The summed E-state index contributed by atoms with van der Waals surface area (Å²) >= 11 is 0. The highest BCUT2D eigenvalue weighted by Crippen LogP contribution is 2.47. The van der Waals surface area contributed by atoms with Crippen LogP contribution in [0.25, 0.3) is 0 Å². The van der Waals surface area contributed by atoms with Crippen LogP contribution in [0.1, 0.15) is 56.6 Å². The van der Waals surface area contributed by atoms with E-state index < -0.39 is 17.9 Å². The van der Waals surface area contributed by atoms with Crippen LogP contribution in [0, 0.1) is 5.92 Å². The van der Waals surface area contributed by atoms with Crippen molar-refractivity contribution >= 4 is 11.9 Å².